The van der Waals surface area contributed by atoms with Crippen LogP contribution in [0.3, 0.4) is 0 Å². The second-order valence-electron chi connectivity index (χ2n) is 6.99. The van der Waals surface area contributed by atoms with E-state index in [1.807, 2.05) is 29.2 Å². The van der Waals surface area contributed by atoms with Crippen LogP contribution in [0.5, 0.6) is 0 Å². The van der Waals surface area contributed by atoms with Crippen LogP contribution < -0.4 is 0 Å². The average Bonchev–Trinajstić information content (AvgIpc) is 3.18. The Bertz CT molecular complexity index is 755. The van der Waals surface area contributed by atoms with Gasteiger partial charge >= 0.3 is 0 Å². The molecule has 1 aromatic heterocycles. The summed E-state index contributed by atoms with van der Waals surface area (Å²) in [5.74, 6) is 2.29. The Morgan fingerprint density at radius 3 is 2.76 bits per heavy atom. The summed E-state index contributed by atoms with van der Waals surface area (Å²) in [5.41, 5.74) is 1.05. The van der Waals surface area contributed by atoms with E-state index in [0.29, 0.717) is 6.42 Å². The highest BCUT2D eigenvalue weighted by molar-refractivity contribution is 9.10. The summed E-state index contributed by atoms with van der Waals surface area (Å²) >= 11 is 3.44. The van der Waals surface area contributed by atoms with Crippen LogP contribution in [0.25, 0.3) is 0 Å². The Morgan fingerprint density at radius 1 is 1.08 bits per heavy atom. The molecular weight excluding hydrogens is 380 g/mol. The summed E-state index contributed by atoms with van der Waals surface area (Å²) in [6.45, 7) is 1.81. The van der Waals surface area contributed by atoms with Gasteiger partial charge in [0.1, 0.15) is 5.82 Å². The van der Waals surface area contributed by atoms with Crippen molar-refractivity contribution < 1.29 is 4.79 Å². The smallest absolute Gasteiger partial charge is 0.227 e. The zero-order valence-electron chi connectivity index (χ0n) is 14.3. The third-order valence-corrected chi connectivity index (χ3v) is 5.81. The molecule has 3 heterocycles. The lowest BCUT2D eigenvalue weighted by molar-refractivity contribution is -0.131. The number of halogens is 1. The fourth-order valence-electron chi connectivity index (χ4n) is 3.97. The van der Waals surface area contributed by atoms with E-state index in [9.17, 15) is 4.79 Å². The molecule has 1 amide bonds. The maximum absolute atomic E-state index is 12.9. The lowest BCUT2D eigenvalue weighted by atomic mass is 10.1. The molecule has 1 saturated heterocycles. The highest BCUT2D eigenvalue weighted by atomic mass is 79.9. The summed E-state index contributed by atoms with van der Waals surface area (Å²) in [4.78, 5) is 14.9. The van der Waals surface area contributed by atoms with Crippen molar-refractivity contribution in [2.24, 2.45) is 0 Å². The number of likely N-dealkylation sites (tertiary alicyclic amines) is 1. The number of carbonyl (C=O) groups is 1. The normalized spacial score (nSPS) is 20.4. The number of hydrogen-bond donors (Lipinski definition) is 0. The second-order valence-corrected chi connectivity index (χ2v) is 7.90. The van der Waals surface area contributed by atoms with Crippen LogP contribution in [0.4, 0.5) is 0 Å². The Kier molecular flexibility index (Phi) is 4.88. The lowest BCUT2D eigenvalue weighted by Gasteiger charge is -2.25. The largest absolute Gasteiger partial charge is 0.332 e. The zero-order valence-corrected chi connectivity index (χ0v) is 15.9. The van der Waals surface area contributed by atoms with Gasteiger partial charge in [-0.25, -0.2) is 0 Å². The number of carbonyl (C=O) groups excluding carboxylic acids is 1. The fraction of sp³-hybridized carbons (Fsp3) is 0.526. The monoisotopic (exact) mass is 402 g/mol. The Labute approximate surface area is 156 Å². The van der Waals surface area contributed by atoms with Crippen molar-refractivity contribution in [3.63, 3.8) is 0 Å². The highest BCUT2D eigenvalue weighted by Crippen LogP contribution is 2.32. The zero-order chi connectivity index (χ0) is 17.2. The van der Waals surface area contributed by atoms with E-state index in [4.69, 9.17) is 0 Å². The van der Waals surface area contributed by atoms with Gasteiger partial charge in [0.15, 0.2) is 5.82 Å². The van der Waals surface area contributed by atoms with Gasteiger partial charge in [-0.2, -0.15) is 0 Å². The first-order valence-electron chi connectivity index (χ1n) is 9.18. The molecule has 2 aliphatic rings. The number of rotatable bonds is 3. The van der Waals surface area contributed by atoms with Crippen LogP contribution in [-0.2, 0) is 24.2 Å². The lowest BCUT2D eigenvalue weighted by Crippen LogP contribution is -2.33. The van der Waals surface area contributed by atoms with E-state index in [0.717, 1.165) is 54.0 Å². The Balaban J connectivity index is 1.53. The standard InChI is InChI=1S/C19H23BrN4O/c20-15-9-7-14(8-10-15)13-18(25)23-12-4-5-16(23)19-22-21-17-6-2-1-3-11-24(17)19/h7-10,16H,1-6,11-13H2/t16-/m1/s1. The van der Waals surface area contributed by atoms with E-state index in [1.165, 1.54) is 19.3 Å². The van der Waals surface area contributed by atoms with Crippen LogP contribution in [0.15, 0.2) is 28.7 Å². The van der Waals surface area contributed by atoms with Gasteiger partial charge in [0.05, 0.1) is 12.5 Å². The molecule has 1 aromatic carbocycles. The molecule has 2 aromatic rings. The molecule has 1 fully saturated rings. The first kappa shape index (κ1) is 16.8. The van der Waals surface area contributed by atoms with E-state index in [1.54, 1.807) is 0 Å². The predicted octanol–water partition coefficient (Wildman–Crippen LogP) is 3.67. The molecule has 0 unspecified atom stereocenters. The quantitative estimate of drug-likeness (QED) is 0.786. The molecule has 132 valence electrons. The maximum atomic E-state index is 12.9. The van der Waals surface area contributed by atoms with Gasteiger partial charge in [0, 0.05) is 24.0 Å². The summed E-state index contributed by atoms with van der Waals surface area (Å²) in [6.07, 6.45) is 7.10. The number of hydrogen-bond acceptors (Lipinski definition) is 3. The minimum Gasteiger partial charge on any atom is -0.332 e. The molecule has 0 radical (unpaired) electrons. The number of nitrogens with zero attached hydrogens (tertiary/aromatic N) is 4. The van der Waals surface area contributed by atoms with Crippen molar-refractivity contribution in [3.8, 4) is 0 Å². The summed E-state index contributed by atoms with van der Waals surface area (Å²) in [7, 11) is 0. The maximum Gasteiger partial charge on any atom is 0.227 e. The molecule has 0 spiro atoms. The van der Waals surface area contributed by atoms with Crippen molar-refractivity contribution >= 4 is 21.8 Å². The van der Waals surface area contributed by atoms with E-state index in [2.05, 4.69) is 30.7 Å². The van der Waals surface area contributed by atoms with Gasteiger partial charge < -0.3 is 9.47 Å². The third kappa shape index (κ3) is 3.50. The molecule has 6 heteroatoms. The molecule has 1 atom stereocenters. The first-order valence-corrected chi connectivity index (χ1v) is 9.97. The number of aromatic nitrogens is 3. The highest BCUT2D eigenvalue weighted by Gasteiger charge is 2.34. The number of aryl methyl sites for hydroxylation is 1. The van der Waals surface area contributed by atoms with Crippen LogP contribution in [0.1, 0.15) is 55.4 Å². The minimum absolute atomic E-state index is 0.0855. The van der Waals surface area contributed by atoms with Gasteiger partial charge in [-0.05, 0) is 43.4 Å². The Hall–Kier alpha value is -1.69. The number of benzene rings is 1. The van der Waals surface area contributed by atoms with Gasteiger partial charge in [0.2, 0.25) is 5.91 Å². The Morgan fingerprint density at radius 2 is 1.92 bits per heavy atom. The van der Waals surface area contributed by atoms with E-state index < -0.39 is 0 Å². The predicted molar refractivity (Wildman–Crippen MR) is 99.1 cm³/mol. The molecule has 0 aliphatic carbocycles. The van der Waals surface area contributed by atoms with Gasteiger partial charge in [-0.15, -0.1) is 10.2 Å². The average molecular weight is 403 g/mol. The third-order valence-electron chi connectivity index (χ3n) is 5.28. The second kappa shape index (κ2) is 7.28. The van der Waals surface area contributed by atoms with Crippen LogP contribution in [0.2, 0.25) is 0 Å². The SMILES string of the molecule is O=C(Cc1ccc(Br)cc1)N1CCC[C@@H]1c1nnc2n1CCCCC2. The molecule has 25 heavy (non-hydrogen) atoms. The van der Waals surface area contributed by atoms with Crippen molar-refractivity contribution in [1.29, 1.82) is 0 Å². The van der Waals surface area contributed by atoms with Gasteiger partial charge in [-0.3, -0.25) is 4.79 Å². The molecule has 0 N–H and O–H groups in total. The van der Waals surface area contributed by atoms with E-state index >= 15 is 0 Å². The fourth-order valence-corrected chi connectivity index (χ4v) is 4.23. The van der Waals surface area contributed by atoms with Gasteiger partial charge in [0.25, 0.3) is 0 Å². The van der Waals surface area contributed by atoms with Gasteiger partial charge in [-0.1, -0.05) is 34.5 Å². The molecular formula is C19H23BrN4O. The van der Waals surface area contributed by atoms with E-state index in [-0.39, 0.29) is 11.9 Å². The first-order chi connectivity index (χ1) is 12.2. The summed E-state index contributed by atoms with van der Waals surface area (Å²) in [6, 6.07) is 8.08. The topological polar surface area (TPSA) is 51.0 Å². The van der Waals surface area contributed by atoms with Crippen molar-refractivity contribution in [2.75, 3.05) is 6.54 Å². The molecule has 5 nitrogen and oxygen atoms in total. The molecule has 2 aliphatic heterocycles. The van der Waals surface area contributed by atoms with Crippen LogP contribution in [-0.4, -0.2) is 32.1 Å². The van der Waals surface area contributed by atoms with Crippen molar-refractivity contribution in [3.05, 3.63) is 46.0 Å². The van der Waals surface area contributed by atoms with Crippen LogP contribution in [0, 0.1) is 0 Å². The molecule has 0 bridgehead atoms. The molecule has 4 rings (SSSR count). The summed E-state index contributed by atoms with van der Waals surface area (Å²) < 4.78 is 3.32. The number of fused-ring (bicyclic) bond motifs is 1. The molecule has 0 saturated carbocycles. The summed E-state index contributed by atoms with van der Waals surface area (Å²) in [5, 5.41) is 8.90. The van der Waals surface area contributed by atoms with Crippen LogP contribution >= 0.6 is 15.9 Å². The van der Waals surface area contributed by atoms with Crippen molar-refractivity contribution in [1.82, 2.24) is 19.7 Å². The van der Waals surface area contributed by atoms with Crippen molar-refractivity contribution in [2.45, 2.75) is 57.5 Å². The number of amides is 1. The minimum atomic E-state index is 0.0855.